The lowest BCUT2D eigenvalue weighted by Gasteiger charge is -2.26. The van der Waals surface area contributed by atoms with Gasteiger partial charge in [-0.25, -0.2) is 9.97 Å². The fourth-order valence-corrected chi connectivity index (χ4v) is 4.73. The topological polar surface area (TPSA) is 67.3 Å². The molecule has 1 fully saturated rings. The van der Waals surface area contributed by atoms with Crippen molar-refractivity contribution in [3.63, 3.8) is 0 Å². The van der Waals surface area contributed by atoms with Crippen molar-refractivity contribution in [3.8, 4) is 0 Å². The van der Waals surface area contributed by atoms with Gasteiger partial charge in [0.15, 0.2) is 0 Å². The van der Waals surface area contributed by atoms with Crippen LogP contribution in [0.3, 0.4) is 0 Å². The van der Waals surface area contributed by atoms with E-state index >= 15 is 0 Å². The highest BCUT2D eigenvalue weighted by Crippen LogP contribution is 2.35. The summed E-state index contributed by atoms with van der Waals surface area (Å²) in [6.45, 7) is 6.63. The number of hydrogen-bond donors (Lipinski definition) is 1. The second kappa shape index (κ2) is 9.46. The van der Waals surface area contributed by atoms with Gasteiger partial charge in [-0.1, -0.05) is 26.2 Å². The molecule has 0 bridgehead atoms. The normalized spacial score (nSPS) is 16.8. The number of carbonyl (C=O) groups is 1. The van der Waals surface area contributed by atoms with Gasteiger partial charge in [0.1, 0.15) is 17.0 Å². The van der Waals surface area contributed by atoms with Gasteiger partial charge in [-0.15, -0.1) is 11.3 Å². The van der Waals surface area contributed by atoms with Gasteiger partial charge in [0.25, 0.3) is 5.91 Å². The number of amides is 1. The molecule has 1 N–H and O–H groups in total. The molecular weight excluding hydrogens is 360 g/mol. The standard InChI is InChI=1S/C20H30N4O2S/c1-4-15(12-26-3)23-19(25)17-14(2)16-18(21-13-22-20(16)27-17)24-10-8-6-5-7-9-11-24/h13,15H,4-12H2,1-3H3,(H,23,25)/t15-/m0/s1. The number of nitrogens with zero attached hydrogens (tertiary/aromatic N) is 3. The average Bonchev–Trinajstić information content (AvgIpc) is 2.98. The maximum Gasteiger partial charge on any atom is 0.262 e. The molecule has 2 aromatic heterocycles. The summed E-state index contributed by atoms with van der Waals surface area (Å²) in [7, 11) is 1.66. The lowest BCUT2D eigenvalue weighted by Crippen LogP contribution is -2.37. The van der Waals surface area contributed by atoms with E-state index in [1.165, 1.54) is 43.4 Å². The first-order valence-corrected chi connectivity index (χ1v) is 10.8. The van der Waals surface area contributed by atoms with Gasteiger partial charge >= 0.3 is 0 Å². The summed E-state index contributed by atoms with van der Waals surface area (Å²) < 4.78 is 5.20. The van der Waals surface area contributed by atoms with Crippen LogP contribution in [-0.4, -0.2) is 48.7 Å². The Morgan fingerprint density at radius 1 is 1.26 bits per heavy atom. The fourth-order valence-electron chi connectivity index (χ4n) is 3.68. The summed E-state index contributed by atoms with van der Waals surface area (Å²) in [5, 5.41) is 4.12. The summed E-state index contributed by atoms with van der Waals surface area (Å²) in [6, 6.07) is 0.0204. The van der Waals surface area contributed by atoms with E-state index in [0.717, 1.165) is 46.0 Å². The molecule has 0 radical (unpaired) electrons. The van der Waals surface area contributed by atoms with Crippen LogP contribution in [0.25, 0.3) is 10.2 Å². The van der Waals surface area contributed by atoms with E-state index in [1.54, 1.807) is 13.4 Å². The Morgan fingerprint density at radius 2 is 1.96 bits per heavy atom. The maximum atomic E-state index is 12.8. The molecule has 0 spiro atoms. The molecule has 1 aliphatic heterocycles. The molecule has 0 aromatic carbocycles. The predicted octanol–water partition coefficient (Wildman–Crippen LogP) is 3.93. The van der Waals surface area contributed by atoms with Gasteiger partial charge in [-0.05, 0) is 31.7 Å². The fraction of sp³-hybridized carbons (Fsp3) is 0.650. The minimum atomic E-state index is -0.0435. The quantitative estimate of drug-likeness (QED) is 0.810. The van der Waals surface area contributed by atoms with E-state index in [9.17, 15) is 4.79 Å². The number of methoxy groups -OCH3 is 1. The van der Waals surface area contributed by atoms with Gasteiger partial charge < -0.3 is 15.0 Å². The van der Waals surface area contributed by atoms with Gasteiger partial charge in [0.05, 0.1) is 22.9 Å². The Labute approximate surface area is 165 Å². The van der Waals surface area contributed by atoms with E-state index in [1.807, 2.05) is 13.8 Å². The monoisotopic (exact) mass is 390 g/mol. The SMILES string of the molecule is CC[C@@H](COC)NC(=O)c1sc2ncnc(N3CCCCCCC3)c2c1C. The van der Waals surface area contributed by atoms with Gasteiger partial charge in [-0.2, -0.15) is 0 Å². The molecule has 1 amide bonds. The molecule has 0 aliphatic carbocycles. The number of thiophene rings is 1. The van der Waals surface area contributed by atoms with Crippen LogP contribution in [0.15, 0.2) is 6.33 Å². The number of nitrogens with one attached hydrogen (secondary N) is 1. The molecule has 3 rings (SSSR count). The number of fused-ring (bicyclic) bond motifs is 1. The van der Waals surface area contributed by atoms with Crippen LogP contribution >= 0.6 is 11.3 Å². The zero-order chi connectivity index (χ0) is 19.2. The zero-order valence-corrected chi connectivity index (χ0v) is 17.4. The molecule has 0 saturated carbocycles. The average molecular weight is 391 g/mol. The molecule has 2 aromatic rings. The summed E-state index contributed by atoms with van der Waals surface area (Å²) in [6.07, 6.45) is 8.73. The maximum absolute atomic E-state index is 12.8. The summed E-state index contributed by atoms with van der Waals surface area (Å²) in [5.41, 5.74) is 0.984. The van der Waals surface area contributed by atoms with Gasteiger partial charge in [-0.3, -0.25) is 4.79 Å². The number of anilines is 1. The number of hydrogen-bond acceptors (Lipinski definition) is 6. The molecule has 1 aliphatic rings. The van der Waals surface area contributed by atoms with E-state index < -0.39 is 0 Å². The first-order chi connectivity index (χ1) is 13.2. The smallest absolute Gasteiger partial charge is 0.262 e. The Hall–Kier alpha value is -1.73. The van der Waals surface area contributed by atoms with Gasteiger partial charge in [0.2, 0.25) is 0 Å². The number of aromatic nitrogens is 2. The van der Waals surface area contributed by atoms with E-state index in [0.29, 0.717) is 6.61 Å². The Morgan fingerprint density at radius 3 is 2.63 bits per heavy atom. The van der Waals surface area contributed by atoms with Crippen LogP contribution in [0.5, 0.6) is 0 Å². The summed E-state index contributed by atoms with van der Waals surface area (Å²) in [4.78, 5) is 25.9. The molecule has 0 unspecified atom stereocenters. The first kappa shape index (κ1) is 20.0. The highest BCUT2D eigenvalue weighted by Gasteiger charge is 2.23. The second-order valence-electron chi connectivity index (χ2n) is 7.22. The number of rotatable bonds is 6. The molecule has 1 saturated heterocycles. The number of ether oxygens (including phenoxy) is 1. The van der Waals surface area contributed by atoms with Crippen LogP contribution in [-0.2, 0) is 4.74 Å². The van der Waals surface area contributed by atoms with Crippen LogP contribution in [0.4, 0.5) is 5.82 Å². The third-order valence-electron chi connectivity index (χ3n) is 5.26. The largest absolute Gasteiger partial charge is 0.383 e. The lowest BCUT2D eigenvalue weighted by molar-refractivity contribution is 0.0898. The Balaban J connectivity index is 1.91. The predicted molar refractivity (Wildman–Crippen MR) is 111 cm³/mol. The van der Waals surface area contributed by atoms with E-state index in [4.69, 9.17) is 4.74 Å². The minimum absolute atomic E-state index is 0.0204. The van der Waals surface area contributed by atoms with Crippen LogP contribution < -0.4 is 10.2 Å². The highest BCUT2D eigenvalue weighted by atomic mass is 32.1. The van der Waals surface area contributed by atoms with Crippen molar-refractivity contribution in [2.45, 2.75) is 58.4 Å². The first-order valence-electron chi connectivity index (χ1n) is 9.94. The van der Waals surface area contributed by atoms with Crippen molar-refractivity contribution in [2.75, 3.05) is 31.7 Å². The van der Waals surface area contributed by atoms with Crippen molar-refractivity contribution in [1.82, 2.24) is 15.3 Å². The van der Waals surface area contributed by atoms with Crippen LogP contribution in [0.1, 0.15) is 60.7 Å². The number of aryl methyl sites for hydroxylation is 1. The third-order valence-corrected chi connectivity index (χ3v) is 6.46. The Bertz CT molecular complexity index is 769. The lowest BCUT2D eigenvalue weighted by atomic mass is 10.1. The third kappa shape index (κ3) is 4.58. The van der Waals surface area contributed by atoms with Gasteiger partial charge in [0, 0.05) is 20.2 Å². The molecule has 27 heavy (non-hydrogen) atoms. The summed E-state index contributed by atoms with van der Waals surface area (Å²) in [5.74, 6) is 0.941. The van der Waals surface area contributed by atoms with Crippen molar-refractivity contribution in [2.24, 2.45) is 0 Å². The highest BCUT2D eigenvalue weighted by molar-refractivity contribution is 7.20. The minimum Gasteiger partial charge on any atom is -0.383 e. The van der Waals surface area contributed by atoms with Crippen LogP contribution in [0, 0.1) is 6.92 Å². The molecule has 6 nitrogen and oxygen atoms in total. The van der Waals surface area contributed by atoms with E-state index in [-0.39, 0.29) is 11.9 Å². The second-order valence-corrected chi connectivity index (χ2v) is 8.22. The van der Waals surface area contributed by atoms with Crippen molar-refractivity contribution in [3.05, 3.63) is 16.8 Å². The van der Waals surface area contributed by atoms with E-state index in [2.05, 4.69) is 20.2 Å². The Kier molecular flexibility index (Phi) is 7.01. The molecule has 3 heterocycles. The molecule has 1 atom stereocenters. The van der Waals surface area contributed by atoms with Crippen molar-refractivity contribution < 1.29 is 9.53 Å². The van der Waals surface area contributed by atoms with Crippen LogP contribution in [0.2, 0.25) is 0 Å². The molecular formula is C20H30N4O2S. The molecule has 7 heteroatoms. The van der Waals surface area contributed by atoms with Crippen molar-refractivity contribution in [1.29, 1.82) is 0 Å². The molecule has 148 valence electrons. The number of carbonyl (C=O) groups excluding carboxylic acids is 1. The summed E-state index contributed by atoms with van der Waals surface area (Å²) >= 11 is 1.46. The zero-order valence-electron chi connectivity index (χ0n) is 16.6. The van der Waals surface area contributed by atoms with Crippen molar-refractivity contribution >= 4 is 33.3 Å².